The van der Waals surface area contributed by atoms with E-state index >= 15 is 0 Å². The zero-order chi connectivity index (χ0) is 28.8. The summed E-state index contributed by atoms with van der Waals surface area (Å²) in [6.07, 6.45) is 3.93. The summed E-state index contributed by atoms with van der Waals surface area (Å²) in [5.74, 6) is 1.46. The van der Waals surface area contributed by atoms with Gasteiger partial charge in [0.1, 0.15) is 5.82 Å². The van der Waals surface area contributed by atoms with E-state index in [9.17, 15) is 9.59 Å². The highest BCUT2D eigenvalue weighted by Gasteiger charge is 2.24. The number of rotatable bonds is 9. The molecule has 3 aromatic carbocycles. The fraction of sp³-hybridized carbons (Fsp3) is 0.333. The van der Waals surface area contributed by atoms with Crippen molar-refractivity contribution in [2.75, 3.05) is 30.9 Å². The number of hydrogen-bond acceptors (Lipinski definition) is 6. The molecule has 8 nitrogen and oxygen atoms in total. The average molecular weight is 551 g/mol. The van der Waals surface area contributed by atoms with Gasteiger partial charge in [-0.05, 0) is 68.4 Å². The lowest BCUT2D eigenvalue weighted by atomic mass is 9.86. The molecule has 2 amide bonds. The van der Waals surface area contributed by atoms with Gasteiger partial charge in [0.25, 0.3) is 11.8 Å². The molecule has 3 N–H and O–H groups in total. The molecule has 0 bridgehead atoms. The second-order valence-corrected chi connectivity index (χ2v) is 11.0. The van der Waals surface area contributed by atoms with Crippen LogP contribution in [-0.2, 0) is 0 Å². The molecule has 41 heavy (non-hydrogen) atoms. The van der Waals surface area contributed by atoms with Gasteiger partial charge in [0.05, 0.1) is 22.7 Å². The molecule has 1 saturated carbocycles. The molecule has 1 aliphatic carbocycles. The van der Waals surface area contributed by atoms with Crippen molar-refractivity contribution in [2.24, 2.45) is 5.92 Å². The summed E-state index contributed by atoms with van der Waals surface area (Å²) in [7, 11) is 3.99. The lowest BCUT2D eigenvalue weighted by molar-refractivity contribution is 0.0907. The molecule has 0 saturated heterocycles. The number of fused-ring (bicyclic) bond motifs is 1. The van der Waals surface area contributed by atoms with Crippen LogP contribution in [0.1, 0.15) is 64.9 Å². The van der Waals surface area contributed by atoms with Gasteiger partial charge in [0.2, 0.25) is 5.95 Å². The Hall–Kier alpha value is -4.46. The van der Waals surface area contributed by atoms with E-state index in [0.29, 0.717) is 29.5 Å². The molecule has 8 heteroatoms. The number of carbonyl (C=O) groups is 2. The lowest BCUT2D eigenvalue weighted by Gasteiger charge is -2.29. The summed E-state index contributed by atoms with van der Waals surface area (Å²) in [6, 6.07) is 25.0. The first kappa shape index (κ1) is 28.1. The monoisotopic (exact) mass is 550 g/mol. The Morgan fingerprint density at radius 1 is 0.829 bits per heavy atom. The second-order valence-electron chi connectivity index (χ2n) is 11.0. The maximum Gasteiger partial charge on any atom is 0.252 e. The summed E-state index contributed by atoms with van der Waals surface area (Å²) in [5, 5.41) is 10.7. The smallest absolute Gasteiger partial charge is 0.252 e. The highest BCUT2D eigenvalue weighted by atomic mass is 16.2. The van der Waals surface area contributed by atoms with Crippen molar-refractivity contribution in [1.82, 2.24) is 20.6 Å². The molecule has 1 heterocycles. The highest BCUT2D eigenvalue weighted by molar-refractivity contribution is 6.07. The van der Waals surface area contributed by atoms with E-state index in [1.54, 1.807) is 24.3 Å². The van der Waals surface area contributed by atoms with Gasteiger partial charge in [-0.1, -0.05) is 54.6 Å². The second kappa shape index (κ2) is 12.8. The third kappa shape index (κ3) is 6.82. The predicted molar refractivity (Wildman–Crippen MR) is 164 cm³/mol. The molecule has 1 atom stereocenters. The number of nitrogens with zero attached hydrogens (tertiary/aromatic N) is 3. The fourth-order valence-electron chi connectivity index (χ4n) is 5.47. The van der Waals surface area contributed by atoms with E-state index in [1.165, 1.54) is 0 Å². The van der Waals surface area contributed by atoms with Gasteiger partial charge in [0.15, 0.2) is 0 Å². The van der Waals surface area contributed by atoms with Crippen LogP contribution in [0.2, 0.25) is 0 Å². The lowest BCUT2D eigenvalue weighted by Crippen LogP contribution is -2.35. The van der Waals surface area contributed by atoms with E-state index in [-0.39, 0.29) is 23.9 Å². The van der Waals surface area contributed by atoms with Crippen molar-refractivity contribution in [3.63, 3.8) is 0 Å². The van der Waals surface area contributed by atoms with Gasteiger partial charge >= 0.3 is 0 Å². The number of carbonyl (C=O) groups excluding carboxylic acids is 2. The molecule has 0 aliphatic heterocycles. The first-order valence-corrected chi connectivity index (χ1v) is 14.3. The molecule has 0 unspecified atom stereocenters. The Morgan fingerprint density at radius 2 is 1.46 bits per heavy atom. The fourth-order valence-corrected chi connectivity index (χ4v) is 5.47. The van der Waals surface area contributed by atoms with Crippen molar-refractivity contribution < 1.29 is 9.59 Å². The number of anilines is 2. The molecule has 1 fully saturated rings. The molecule has 212 valence electrons. The first-order valence-electron chi connectivity index (χ1n) is 14.3. The van der Waals surface area contributed by atoms with Gasteiger partial charge in [-0.15, -0.1) is 0 Å². The topological polar surface area (TPSA) is 99.2 Å². The largest absolute Gasteiger partial charge is 0.362 e. The molecular weight excluding hydrogens is 512 g/mol. The van der Waals surface area contributed by atoms with E-state index in [1.807, 2.05) is 80.5 Å². The van der Waals surface area contributed by atoms with Crippen LogP contribution in [0.15, 0.2) is 78.9 Å². The molecule has 5 rings (SSSR count). The Kier molecular flexibility index (Phi) is 8.77. The molecule has 4 aromatic rings. The van der Waals surface area contributed by atoms with E-state index in [2.05, 4.69) is 16.0 Å². The van der Waals surface area contributed by atoms with Crippen molar-refractivity contribution >= 4 is 34.5 Å². The SMILES string of the molecule is C[C@H](NC(=O)c1ccccc1C(=O)NC[C@H]1CC[C@@H](Nc2nc(N(C)C)c3ccccc3n2)CC1)c1ccccc1. The van der Waals surface area contributed by atoms with Crippen molar-refractivity contribution in [2.45, 2.75) is 44.7 Å². The van der Waals surface area contributed by atoms with Crippen LogP contribution in [0.3, 0.4) is 0 Å². The molecule has 1 aromatic heterocycles. The highest BCUT2D eigenvalue weighted by Crippen LogP contribution is 2.28. The van der Waals surface area contributed by atoms with Gasteiger partial charge < -0.3 is 20.9 Å². The van der Waals surface area contributed by atoms with Gasteiger partial charge in [0, 0.05) is 32.1 Å². The van der Waals surface area contributed by atoms with Crippen LogP contribution in [0, 0.1) is 5.92 Å². The Morgan fingerprint density at radius 3 is 2.17 bits per heavy atom. The van der Waals surface area contributed by atoms with Gasteiger partial charge in [-0.2, -0.15) is 4.98 Å². The Balaban J connectivity index is 1.14. The molecule has 0 radical (unpaired) electrons. The summed E-state index contributed by atoms with van der Waals surface area (Å²) >= 11 is 0. The summed E-state index contributed by atoms with van der Waals surface area (Å²) in [4.78, 5) is 37.7. The summed E-state index contributed by atoms with van der Waals surface area (Å²) < 4.78 is 0. The minimum absolute atomic E-state index is 0.168. The minimum Gasteiger partial charge on any atom is -0.362 e. The minimum atomic E-state index is -0.257. The third-order valence-electron chi connectivity index (χ3n) is 7.80. The van der Waals surface area contributed by atoms with Crippen LogP contribution in [0.25, 0.3) is 10.9 Å². The predicted octanol–water partition coefficient (Wildman–Crippen LogP) is 5.59. The molecule has 1 aliphatic rings. The maximum atomic E-state index is 13.1. The van der Waals surface area contributed by atoms with Crippen LogP contribution in [0.5, 0.6) is 0 Å². The van der Waals surface area contributed by atoms with Crippen LogP contribution in [-0.4, -0.2) is 48.5 Å². The number of hydrogen-bond donors (Lipinski definition) is 3. The number of amides is 2. The average Bonchev–Trinajstić information content (AvgIpc) is 3.00. The van der Waals surface area contributed by atoms with E-state index < -0.39 is 0 Å². The van der Waals surface area contributed by atoms with E-state index in [4.69, 9.17) is 9.97 Å². The molecule has 0 spiro atoms. The first-order chi connectivity index (χ1) is 19.9. The zero-order valence-corrected chi connectivity index (χ0v) is 23.9. The zero-order valence-electron chi connectivity index (χ0n) is 23.9. The summed E-state index contributed by atoms with van der Waals surface area (Å²) in [6.45, 7) is 2.52. The number of nitrogens with one attached hydrogen (secondary N) is 3. The van der Waals surface area contributed by atoms with Crippen LogP contribution in [0.4, 0.5) is 11.8 Å². The number of aromatic nitrogens is 2. The number of benzene rings is 3. The normalized spacial score (nSPS) is 17.4. The van der Waals surface area contributed by atoms with Gasteiger partial charge in [-0.3, -0.25) is 9.59 Å². The summed E-state index contributed by atoms with van der Waals surface area (Å²) in [5.41, 5.74) is 2.71. The van der Waals surface area contributed by atoms with Crippen molar-refractivity contribution in [3.8, 4) is 0 Å². The standard InChI is InChI=1S/C33H38N6O2/c1-22(24-11-5-4-6-12-24)35-32(41)27-14-8-7-13-26(27)31(40)34-21-23-17-19-25(20-18-23)36-33-37-29-16-10-9-15-28(29)30(38-33)39(2)3/h4-16,22-23,25H,17-21H2,1-3H3,(H,34,40)(H,35,41)(H,36,37,38)/t22-,23-,25+/m0/s1. The van der Waals surface area contributed by atoms with Crippen molar-refractivity contribution in [3.05, 3.63) is 95.6 Å². The Labute approximate surface area is 241 Å². The third-order valence-corrected chi connectivity index (χ3v) is 7.80. The van der Waals surface area contributed by atoms with Crippen LogP contribution < -0.4 is 20.9 Å². The van der Waals surface area contributed by atoms with Gasteiger partial charge in [-0.25, -0.2) is 4.98 Å². The van der Waals surface area contributed by atoms with Crippen molar-refractivity contribution in [1.29, 1.82) is 0 Å². The Bertz CT molecular complexity index is 1500. The quantitative estimate of drug-likeness (QED) is 0.251. The number of para-hydroxylation sites is 1. The maximum absolute atomic E-state index is 13.1. The van der Waals surface area contributed by atoms with E-state index in [0.717, 1.165) is 48.0 Å². The molecular formula is C33H38N6O2. The van der Waals surface area contributed by atoms with Crippen LogP contribution >= 0.6 is 0 Å².